The van der Waals surface area contributed by atoms with Crippen molar-refractivity contribution in [2.24, 2.45) is 0 Å². The van der Waals surface area contributed by atoms with Crippen molar-refractivity contribution < 1.29 is 28.6 Å². The van der Waals surface area contributed by atoms with Gasteiger partial charge >= 0.3 is 0 Å². The molecule has 5 rings (SSSR count). The molecule has 0 atom stereocenters. The average molecular weight is 603 g/mol. The van der Waals surface area contributed by atoms with Crippen molar-refractivity contribution >= 4 is 63.0 Å². The van der Waals surface area contributed by atoms with Crippen molar-refractivity contribution in [2.75, 3.05) is 31.7 Å². The number of nitrogens with one attached hydrogen (secondary N) is 1. The molecule has 1 N–H and O–H groups in total. The Bertz CT molecular complexity index is 1650. The van der Waals surface area contributed by atoms with Crippen LogP contribution in [0.4, 0.5) is 10.5 Å². The second-order valence-electron chi connectivity index (χ2n) is 9.12. The lowest BCUT2D eigenvalue weighted by atomic mass is 10.1. The third-order valence-electron chi connectivity index (χ3n) is 6.23. The van der Waals surface area contributed by atoms with Gasteiger partial charge in [-0.25, -0.2) is 0 Å². The molecule has 1 heterocycles. The van der Waals surface area contributed by atoms with Gasteiger partial charge in [0.25, 0.3) is 17.1 Å². The van der Waals surface area contributed by atoms with E-state index in [-0.39, 0.29) is 46.6 Å². The van der Waals surface area contributed by atoms with Gasteiger partial charge in [0.1, 0.15) is 12.4 Å². The number of carbonyl (C=O) groups is 3. The van der Waals surface area contributed by atoms with E-state index >= 15 is 0 Å². The number of imide groups is 1. The molecule has 1 saturated heterocycles. The summed E-state index contributed by atoms with van der Waals surface area (Å²) in [4.78, 5) is 39.5. The quantitative estimate of drug-likeness (QED) is 0.184. The van der Waals surface area contributed by atoms with Crippen LogP contribution in [-0.4, -0.2) is 48.3 Å². The lowest BCUT2D eigenvalue weighted by molar-refractivity contribution is -0.123. The summed E-state index contributed by atoms with van der Waals surface area (Å²) >= 11 is 7.35. The van der Waals surface area contributed by atoms with E-state index in [2.05, 4.69) is 5.32 Å². The van der Waals surface area contributed by atoms with Crippen molar-refractivity contribution in [3.8, 4) is 17.2 Å². The zero-order valence-corrected chi connectivity index (χ0v) is 24.2. The summed E-state index contributed by atoms with van der Waals surface area (Å²) in [5.74, 6) is 0.429. The van der Waals surface area contributed by atoms with E-state index in [0.717, 1.165) is 27.4 Å². The Balaban J connectivity index is 1.24. The monoisotopic (exact) mass is 602 g/mol. The van der Waals surface area contributed by atoms with Crippen LogP contribution in [0.1, 0.15) is 12.5 Å². The van der Waals surface area contributed by atoms with Crippen LogP contribution in [0, 0.1) is 0 Å². The third kappa shape index (κ3) is 6.87. The normalized spacial score (nSPS) is 14.0. The zero-order chi connectivity index (χ0) is 29.5. The second-order valence-corrected chi connectivity index (χ2v) is 10.5. The molecule has 42 heavy (non-hydrogen) atoms. The summed E-state index contributed by atoms with van der Waals surface area (Å²) in [5.41, 5.74) is 1.19. The molecule has 4 aromatic rings. The first kappa shape index (κ1) is 29.0. The highest BCUT2D eigenvalue weighted by Gasteiger charge is 2.35. The van der Waals surface area contributed by atoms with Crippen molar-refractivity contribution in [2.45, 2.75) is 6.92 Å². The summed E-state index contributed by atoms with van der Waals surface area (Å²) in [7, 11) is 0. The van der Waals surface area contributed by atoms with Crippen LogP contribution in [0.3, 0.4) is 0 Å². The van der Waals surface area contributed by atoms with E-state index in [9.17, 15) is 14.4 Å². The lowest BCUT2D eigenvalue weighted by Crippen LogP contribution is -2.32. The Hall–Kier alpha value is -4.47. The van der Waals surface area contributed by atoms with Crippen molar-refractivity contribution in [3.63, 3.8) is 0 Å². The number of thioether (sulfide) groups is 1. The zero-order valence-electron chi connectivity index (χ0n) is 22.7. The van der Waals surface area contributed by atoms with Gasteiger partial charge in [-0.3, -0.25) is 19.3 Å². The smallest absolute Gasteiger partial charge is 0.293 e. The molecule has 0 radical (unpaired) electrons. The summed E-state index contributed by atoms with van der Waals surface area (Å²) in [6.07, 6.45) is 1.58. The minimum absolute atomic E-state index is 0.105. The Morgan fingerprint density at radius 3 is 2.50 bits per heavy atom. The Kier molecular flexibility index (Phi) is 9.31. The highest BCUT2D eigenvalue weighted by molar-refractivity contribution is 8.18. The van der Waals surface area contributed by atoms with Crippen LogP contribution in [0.25, 0.3) is 16.8 Å². The first-order chi connectivity index (χ1) is 20.4. The molecule has 0 bridgehead atoms. The number of hydrogen-bond donors (Lipinski definition) is 1. The first-order valence-corrected chi connectivity index (χ1v) is 14.4. The topological polar surface area (TPSA) is 94.2 Å². The number of carbonyl (C=O) groups excluding carboxylic acids is 3. The number of halogens is 1. The molecule has 0 unspecified atom stereocenters. The number of anilines is 1. The van der Waals surface area contributed by atoms with Crippen molar-refractivity contribution in [1.29, 1.82) is 0 Å². The fraction of sp³-hybridized carbons (Fsp3) is 0.156. The largest absolute Gasteiger partial charge is 0.491 e. The molecule has 10 heteroatoms. The van der Waals surface area contributed by atoms with Crippen LogP contribution < -0.4 is 19.5 Å². The highest BCUT2D eigenvalue weighted by Crippen LogP contribution is 2.39. The molecule has 1 aliphatic rings. The number of para-hydroxylation sites is 1. The number of hydrogen-bond acceptors (Lipinski definition) is 7. The predicted octanol–water partition coefficient (Wildman–Crippen LogP) is 7.02. The van der Waals surface area contributed by atoms with Gasteiger partial charge in [-0.2, -0.15) is 0 Å². The molecule has 3 amide bonds. The Morgan fingerprint density at radius 2 is 1.69 bits per heavy atom. The van der Waals surface area contributed by atoms with Gasteiger partial charge < -0.3 is 19.5 Å². The highest BCUT2D eigenvalue weighted by atomic mass is 35.5. The van der Waals surface area contributed by atoms with Crippen LogP contribution in [0.2, 0.25) is 5.02 Å². The van der Waals surface area contributed by atoms with Crippen LogP contribution >= 0.6 is 23.4 Å². The van der Waals surface area contributed by atoms with Gasteiger partial charge in [0.15, 0.2) is 18.1 Å². The number of benzene rings is 4. The number of fused-ring (bicyclic) bond motifs is 1. The van der Waals surface area contributed by atoms with E-state index in [1.807, 2.05) is 60.7 Å². The number of amides is 3. The maximum atomic E-state index is 13.1. The molecule has 0 aliphatic carbocycles. The second kappa shape index (κ2) is 13.5. The van der Waals surface area contributed by atoms with Gasteiger partial charge in [0, 0.05) is 11.1 Å². The Labute approximate surface area is 252 Å². The number of nitrogens with zero attached hydrogens (tertiary/aromatic N) is 1. The minimum atomic E-state index is -0.418. The molecule has 0 aromatic heterocycles. The Morgan fingerprint density at radius 1 is 0.929 bits per heavy atom. The van der Waals surface area contributed by atoms with E-state index in [0.29, 0.717) is 29.4 Å². The fourth-order valence-electron chi connectivity index (χ4n) is 4.34. The average Bonchev–Trinajstić information content (AvgIpc) is 3.24. The van der Waals surface area contributed by atoms with E-state index in [1.165, 1.54) is 0 Å². The lowest BCUT2D eigenvalue weighted by Gasteiger charge is -2.15. The minimum Gasteiger partial charge on any atom is -0.491 e. The van der Waals surface area contributed by atoms with Gasteiger partial charge in [-0.1, -0.05) is 66.2 Å². The fourth-order valence-corrected chi connectivity index (χ4v) is 5.48. The number of rotatable bonds is 11. The molecule has 8 nitrogen and oxygen atoms in total. The maximum Gasteiger partial charge on any atom is 0.293 e. The first-order valence-electron chi connectivity index (χ1n) is 13.2. The molecule has 1 aliphatic heterocycles. The third-order valence-corrected chi connectivity index (χ3v) is 7.42. The molecule has 214 valence electrons. The van der Waals surface area contributed by atoms with Gasteiger partial charge in [-0.15, -0.1) is 0 Å². The molecular weight excluding hydrogens is 576 g/mol. The van der Waals surface area contributed by atoms with Gasteiger partial charge in [-0.05, 0) is 66.0 Å². The standard InChI is InChI=1S/C32H27ClN2O6S/c1-2-39-27-18-21(17-25(33)30(27)41-20-29(36)34-23-11-4-3-5-12-23)19-28-31(37)35(32(38)42-28)15-16-40-26-14-8-10-22-9-6-7-13-24(22)26/h3-14,17-19H,2,15-16,20H2,1H3,(H,34,36)/b28-19-. The number of ether oxygens (including phenoxy) is 3. The van der Waals surface area contributed by atoms with Gasteiger partial charge in [0.05, 0.1) is 23.1 Å². The van der Waals surface area contributed by atoms with E-state index in [4.69, 9.17) is 25.8 Å². The van der Waals surface area contributed by atoms with Crippen LogP contribution in [0.5, 0.6) is 17.2 Å². The molecule has 1 fully saturated rings. The van der Waals surface area contributed by atoms with E-state index < -0.39 is 5.91 Å². The predicted molar refractivity (Wildman–Crippen MR) is 165 cm³/mol. The molecular formula is C32H27ClN2O6S. The van der Waals surface area contributed by atoms with Gasteiger partial charge in [0.2, 0.25) is 0 Å². The molecule has 0 saturated carbocycles. The molecule has 4 aromatic carbocycles. The summed E-state index contributed by atoms with van der Waals surface area (Å²) < 4.78 is 17.3. The van der Waals surface area contributed by atoms with Crippen molar-refractivity contribution in [3.05, 3.63) is 100 Å². The maximum absolute atomic E-state index is 13.1. The SMILES string of the molecule is CCOc1cc(/C=C2\SC(=O)N(CCOc3cccc4ccccc34)C2=O)cc(Cl)c1OCC(=O)Nc1ccccc1. The summed E-state index contributed by atoms with van der Waals surface area (Å²) in [6.45, 7) is 2.10. The summed E-state index contributed by atoms with van der Waals surface area (Å²) in [5, 5.41) is 4.56. The van der Waals surface area contributed by atoms with Crippen LogP contribution in [-0.2, 0) is 9.59 Å². The molecule has 0 spiro atoms. The van der Waals surface area contributed by atoms with E-state index in [1.54, 1.807) is 37.3 Å². The van der Waals surface area contributed by atoms with Crippen LogP contribution in [0.15, 0.2) is 89.8 Å². The van der Waals surface area contributed by atoms with Crippen molar-refractivity contribution in [1.82, 2.24) is 4.90 Å². The summed E-state index contributed by atoms with van der Waals surface area (Å²) in [6, 6.07) is 25.9.